The van der Waals surface area contributed by atoms with E-state index in [9.17, 15) is 4.39 Å². The van der Waals surface area contributed by atoms with Gasteiger partial charge in [-0.2, -0.15) is 0 Å². The van der Waals surface area contributed by atoms with E-state index in [1.807, 2.05) is 12.1 Å². The molecule has 1 aromatic heterocycles. The summed E-state index contributed by atoms with van der Waals surface area (Å²) in [7, 11) is 1.71. The maximum Gasteiger partial charge on any atom is 0.132 e. The van der Waals surface area contributed by atoms with E-state index >= 15 is 0 Å². The summed E-state index contributed by atoms with van der Waals surface area (Å²) in [5.41, 5.74) is 4.56. The molecule has 27 heavy (non-hydrogen) atoms. The van der Waals surface area contributed by atoms with Crippen LogP contribution in [-0.2, 0) is 24.4 Å². The van der Waals surface area contributed by atoms with Gasteiger partial charge >= 0.3 is 0 Å². The van der Waals surface area contributed by atoms with Crippen LogP contribution in [0.4, 0.5) is 4.39 Å². The molecule has 0 bridgehead atoms. The van der Waals surface area contributed by atoms with E-state index in [1.165, 1.54) is 27.8 Å². The quantitative estimate of drug-likeness (QED) is 0.615. The first kappa shape index (κ1) is 19.3. The number of ether oxygens (including phenoxy) is 1. The molecule has 142 valence electrons. The smallest absolute Gasteiger partial charge is 0.132 e. The molecule has 0 aliphatic rings. The molecule has 1 heterocycles. The monoisotopic (exact) mass is 367 g/mol. The summed E-state index contributed by atoms with van der Waals surface area (Å²) in [4.78, 5) is 1.28. The van der Waals surface area contributed by atoms with E-state index < -0.39 is 0 Å². The molecule has 0 radical (unpaired) electrons. The number of nitrogens with one attached hydrogen (secondary N) is 1. The maximum atomic E-state index is 14.1. The molecule has 0 aliphatic carbocycles. The number of quaternary nitrogens is 1. The lowest BCUT2D eigenvalue weighted by Crippen LogP contribution is -3.10. The second-order valence-electron chi connectivity index (χ2n) is 7.05. The average molecular weight is 367 g/mol. The van der Waals surface area contributed by atoms with Gasteiger partial charge in [-0.05, 0) is 30.7 Å². The Morgan fingerprint density at radius 1 is 1.00 bits per heavy atom. The minimum Gasteiger partial charge on any atom is -0.379 e. The molecule has 2 aromatic carbocycles. The van der Waals surface area contributed by atoms with Crippen LogP contribution < -0.4 is 4.90 Å². The summed E-state index contributed by atoms with van der Waals surface area (Å²) >= 11 is 0. The number of hydrogen-bond donors (Lipinski definition) is 1. The SMILES string of the molecule is COCC[NH+](Cc1ccccc1F)Cc1cccn1Cc1cccc(C)c1. The predicted molar refractivity (Wildman–Crippen MR) is 106 cm³/mol. The topological polar surface area (TPSA) is 18.6 Å². The van der Waals surface area contributed by atoms with Crippen molar-refractivity contribution in [2.75, 3.05) is 20.3 Å². The van der Waals surface area contributed by atoms with Crippen LogP contribution in [0.25, 0.3) is 0 Å². The van der Waals surface area contributed by atoms with Crippen molar-refractivity contribution in [3.05, 3.63) is 95.1 Å². The fourth-order valence-electron chi connectivity index (χ4n) is 3.42. The fraction of sp³-hybridized carbons (Fsp3) is 0.304. The molecule has 4 heteroatoms. The zero-order valence-corrected chi connectivity index (χ0v) is 16.1. The molecule has 0 fully saturated rings. The van der Waals surface area contributed by atoms with Gasteiger partial charge in [-0.15, -0.1) is 0 Å². The van der Waals surface area contributed by atoms with Gasteiger partial charge in [0.2, 0.25) is 0 Å². The van der Waals surface area contributed by atoms with Crippen molar-refractivity contribution in [3.63, 3.8) is 0 Å². The van der Waals surface area contributed by atoms with Gasteiger partial charge in [-0.25, -0.2) is 4.39 Å². The third-order valence-corrected chi connectivity index (χ3v) is 4.85. The fourth-order valence-corrected chi connectivity index (χ4v) is 3.42. The highest BCUT2D eigenvalue weighted by Crippen LogP contribution is 2.10. The van der Waals surface area contributed by atoms with Crippen molar-refractivity contribution in [1.29, 1.82) is 0 Å². The summed E-state index contributed by atoms with van der Waals surface area (Å²) in [5, 5.41) is 0. The highest BCUT2D eigenvalue weighted by molar-refractivity contribution is 5.23. The molecule has 1 N–H and O–H groups in total. The van der Waals surface area contributed by atoms with E-state index in [2.05, 4.69) is 54.1 Å². The Bertz CT molecular complexity index is 859. The normalized spacial score (nSPS) is 12.3. The van der Waals surface area contributed by atoms with Crippen molar-refractivity contribution in [2.24, 2.45) is 0 Å². The van der Waals surface area contributed by atoms with Crippen LogP contribution in [0.1, 0.15) is 22.4 Å². The first-order valence-corrected chi connectivity index (χ1v) is 9.41. The minimum absolute atomic E-state index is 0.137. The van der Waals surface area contributed by atoms with E-state index in [-0.39, 0.29) is 5.82 Å². The molecule has 3 nitrogen and oxygen atoms in total. The van der Waals surface area contributed by atoms with Crippen LogP contribution in [0.5, 0.6) is 0 Å². The van der Waals surface area contributed by atoms with Gasteiger partial charge in [0, 0.05) is 25.4 Å². The third kappa shape index (κ3) is 5.52. The van der Waals surface area contributed by atoms with E-state index in [0.29, 0.717) is 13.2 Å². The van der Waals surface area contributed by atoms with Crippen molar-refractivity contribution in [1.82, 2.24) is 4.57 Å². The first-order valence-electron chi connectivity index (χ1n) is 9.41. The van der Waals surface area contributed by atoms with Crippen molar-refractivity contribution < 1.29 is 14.0 Å². The molecule has 0 aliphatic heterocycles. The van der Waals surface area contributed by atoms with Crippen LogP contribution in [-0.4, -0.2) is 24.8 Å². The summed E-state index contributed by atoms with van der Waals surface area (Å²) in [6.45, 7) is 5.93. The standard InChI is InChI=1S/C23H27FN2O/c1-19-7-5-8-20(15-19)16-26-12-6-10-22(26)18-25(13-14-27-2)17-21-9-3-4-11-23(21)24/h3-12,15H,13-14,16-18H2,1-2H3/p+1. The zero-order valence-electron chi connectivity index (χ0n) is 16.1. The van der Waals surface area contributed by atoms with Gasteiger partial charge in [0.1, 0.15) is 25.5 Å². The Hall–Kier alpha value is -2.43. The first-order chi connectivity index (χ1) is 13.2. The number of aromatic nitrogens is 1. The average Bonchev–Trinajstić information content (AvgIpc) is 3.08. The van der Waals surface area contributed by atoms with Gasteiger partial charge in [0.25, 0.3) is 0 Å². The van der Waals surface area contributed by atoms with Crippen molar-refractivity contribution in [2.45, 2.75) is 26.6 Å². The van der Waals surface area contributed by atoms with Gasteiger partial charge in [0.15, 0.2) is 0 Å². The third-order valence-electron chi connectivity index (χ3n) is 4.85. The summed E-state index contributed by atoms with van der Waals surface area (Å²) in [6, 6.07) is 19.9. The molecular weight excluding hydrogens is 339 g/mol. The van der Waals surface area contributed by atoms with Gasteiger partial charge in [-0.1, -0.05) is 48.0 Å². The number of methoxy groups -OCH3 is 1. The van der Waals surface area contributed by atoms with Crippen molar-refractivity contribution >= 4 is 0 Å². The van der Waals surface area contributed by atoms with Crippen LogP contribution in [0.2, 0.25) is 0 Å². The predicted octanol–water partition coefficient (Wildman–Crippen LogP) is 3.22. The highest BCUT2D eigenvalue weighted by Gasteiger charge is 2.15. The second kappa shape index (κ2) is 9.49. The Morgan fingerprint density at radius 2 is 1.85 bits per heavy atom. The number of rotatable bonds is 9. The molecule has 1 atom stereocenters. The summed E-state index contributed by atoms with van der Waals surface area (Å²) in [6.07, 6.45) is 2.12. The number of aryl methyl sites for hydroxylation is 1. The molecule has 3 rings (SSSR count). The Balaban J connectivity index is 1.74. The number of benzene rings is 2. The summed E-state index contributed by atoms with van der Waals surface area (Å²) in [5.74, 6) is -0.137. The van der Waals surface area contributed by atoms with E-state index in [4.69, 9.17) is 4.74 Å². The zero-order chi connectivity index (χ0) is 19.1. The van der Waals surface area contributed by atoms with Crippen LogP contribution >= 0.6 is 0 Å². The second-order valence-corrected chi connectivity index (χ2v) is 7.05. The van der Waals surface area contributed by atoms with Gasteiger partial charge in [-0.3, -0.25) is 0 Å². The lowest BCUT2D eigenvalue weighted by atomic mass is 10.1. The van der Waals surface area contributed by atoms with Gasteiger partial charge in [0.05, 0.1) is 12.3 Å². The Kier molecular flexibility index (Phi) is 6.80. The van der Waals surface area contributed by atoms with Crippen molar-refractivity contribution in [3.8, 4) is 0 Å². The Labute approximate surface area is 161 Å². The molecule has 0 saturated heterocycles. The molecule has 1 unspecified atom stereocenters. The molecule has 0 amide bonds. The lowest BCUT2D eigenvalue weighted by molar-refractivity contribution is -0.928. The van der Waals surface area contributed by atoms with Crippen LogP contribution in [0, 0.1) is 12.7 Å². The number of nitrogens with zero attached hydrogens (tertiary/aromatic N) is 1. The molecule has 3 aromatic rings. The Morgan fingerprint density at radius 3 is 2.63 bits per heavy atom. The van der Waals surface area contributed by atoms with Gasteiger partial charge < -0.3 is 14.2 Å². The van der Waals surface area contributed by atoms with E-state index in [1.54, 1.807) is 13.2 Å². The largest absolute Gasteiger partial charge is 0.379 e. The number of hydrogen-bond acceptors (Lipinski definition) is 1. The van der Waals surface area contributed by atoms with Crippen LogP contribution in [0.3, 0.4) is 0 Å². The lowest BCUT2D eigenvalue weighted by Gasteiger charge is -2.21. The highest BCUT2D eigenvalue weighted by atomic mass is 19.1. The van der Waals surface area contributed by atoms with Crippen LogP contribution in [0.15, 0.2) is 66.9 Å². The maximum absolute atomic E-state index is 14.1. The number of halogens is 1. The summed E-state index contributed by atoms with van der Waals surface area (Å²) < 4.78 is 21.7. The van der Waals surface area contributed by atoms with E-state index in [0.717, 1.165) is 25.2 Å². The minimum atomic E-state index is -0.137. The molecule has 0 saturated carbocycles. The molecular formula is C23H28FN2O+. The molecule has 0 spiro atoms.